The predicted octanol–water partition coefficient (Wildman–Crippen LogP) is 10.1. The zero-order valence-electron chi connectivity index (χ0n) is 22.9. The van der Waals surface area contributed by atoms with Gasteiger partial charge in [0.15, 0.2) is 11.6 Å². The summed E-state index contributed by atoms with van der Waals surface area (Å²) in [5.74, 6) is 1.36. The predicted molar refractivity (Wildman–Crippen MR) is 149 cm³/mol. The van der Waals surface area contributed by atoms with Gasteiger partial charge >= 0.3 is 0 Å². The molecule has 1 saturated carbocycles. The minimum absolute atomic E-state index is 0.258. The number of halogens is 1. The van der Waals surface area contributed by atoms with Crippen molar-refractivity contribution in [2.45, 2.75) is 116 Å². The number of nitrogens with zero attached hydrogens (tertiary/aromatic N) is 1. The lowest BCUT2D eigenvalue weighted by Gasteiger charge is -2.29. The fraction of sp³-hybridized carbons (Fsp3) is 0.606. The molecule has 0 aliphatic heterocycles. The average molecular weight is 492 g/mol. The van der Waals surface area contributed by atoms with Crippen molar-refractivity contribution in [1.82, 2.24) is 0 Å². The first-order valence-corrected chi connectivity index (χ1v) is 14.5. The van der Waals surface area contributed by atoms with Crippen LogP contribution in [-0.2, 0) is 6.42 Å². The number of hydrogen-bond donors (Lipinski definition) is 0. The second-order valence-electron chi connectivity index (χ2n) is 10.8. The molecular weight excluding hydrogens is 445 g/mol. The number of nitriles is 1. The summed E-state index contributed by atoms with van der Waals surface area (Å²) in [5, 5.41) is 9.98. The molecule has 0 atom stereocenters. The average Bonchev–Trinajstić information content (AvgIpc) is 2.91. The van der Waals surface area contributed by atoms with Crippen LogP contribution in [0.1, 0.15) is 126 Å². The van der Waals surface area contributed by atoms with Crippen molar-refractivity contribution in [2.24, 2.45) is 5.92 Å². The van der Waals surface area contributed by atoms with Gasteiger partial charge in [0, 0.05) is 11.1 Å². The zero-order chi connectivity index (χ0) is 25.8. The summed E-state index contributed by atoms with van der Waals surface area (Å²) in [5.41, 5.74) is 4.00. The summed E-state index contributed by atoms with van der Waals surface area (Å²) >= 11 is 0. The van der Waals surface area contributed by atoms with Gasteiger partial charge in [-0.2, -0.15) is 5.26 Å². The third kappa shape index (κ3) is 7.58. The number of unbranched alkanes of at least 4 members (excludes halogenated alkanes) is 7. The lowest BCUT2D eigenvalue weighted by Crippen LogP contribution is -2.13. The molecule has 36 heavy (non-hydrogen) atoms. The molecule has 0 amide bonds. The van der Waals surface area contributed by atoms with Gasteiger partial charge in [0.25, 0.3) is 0 Å². The van der Waals surface area contributed by atoms with Crippen LogP contribution in [0.5, 0.6) is 5.75 Å². The van der Waals surface area contributed by atoms with Crippen molar-refractivity contribution >= 4 is 0 Å². The van der Waals surface area contributed by atoms with Crippen molar-refractivity contribution < 1.29 is 9.13 Å². The highest BCUT2D eigenvalue weighted by Crippen LogP contribution is 2.41. The monoisotopic (exact) mass is 491 g/mol. The van der Waals surface area contributed by atoms with Crippen LogP contribution in [0, 0.1) is 23.1 Å². The first kappa shape index (κ1) is 28.2. The van der Waals surface area contributed by atoms with Gasteiger partial charge in [0.2, 0.25) is 0 Å². The molecule has 3 heteroatoms. The van der Waals surface area contributed by atoms with E-state index < -0.39 is 0 Å². The molecule has 2 aromatic rings. The summed E-state index contributed by atoms with van der Waals surface area (Å²) in [4.78, 5) is 0. The van der Waals surface area contributed by atoms with Crippen molar-refractivity contribution in [3.63, 3.8) is 0 Å². The van der Waals surface area contributed by atoms with Gasteiger partial charge in [0.1, 0.15) is 0 Å². The third-order valence-electron chi connectivity index (χ3n) is 8.17. The fourth-order valence-electron chi connectivity index (χ4n) is 5.91. The molecule has 3 rings (SSSR count). The second-order valence-corrected chi connectivity index (χ2v) is 10.8. The molecule has 2 aromatic carbocycles. The van der Waals surface area contributed by atoms with Crippen molar-refractivity contribution in [1.29, 1.82) is 5.26 Å². The van der Waals surface area contributed by atoms with E-state index in [0.717, 1.165) is 30.7 Å². The summed E-state index contributed by atoms with van der Waals surface area (Å²) in [7, 11) is 1.52. The summed E-state index contributed by atoms with van der Waals surface area (Å²) in [6.45, 7) is 4.47. The highest BCUT2D eigenvalue weighted by Gasteiger charge is 2.24. The maximum Gasteiger partial charge on any atom is 0.168 e. The van der Waals surface area contributed by atoms with E-state index in [0.29, 0.717) is 22.6 Å². The highest BCUT2D eigenvalue weighted by atomic mass is 19.1. The van der Waals surface area contributed by atoms with Gasteiger partial charge in [-0.25, -0.2) is 4.39 Å². The van der Waals surface area contributed by atoms with Gasteiger partial charge in [-0.3, -0.25) is 0 Å². The Hall–Kier alpha value is -2.34. The molecule has 0 N–H and O–H groups in total. The Labute approximate surface area is 219 Å². The molecule has 0 bridgehead atoms. The molecule has 0 aromatic heterocycles. The van der Waals surface area contributed by atoms with E-state index in [9.17, 15) is 5.26 Å². The first-order chi connectivity index (χ1) is 17.6. The SMILES string of the molecule is CCCCCCCc1ccc(-c2ccc(C3CCC(CCCCCC)CC3)cc2C#N)c(OC)c1F. The van der Waals surface area contributed by atoms with Gasteiger partial charge in [-0.1, -0.05) is 95.9 Å². The van der Waals surface area contributed by atoms with E-state index in [-0.39, 0.29) is 11.6 Å². The van der Waals surface area contributed by atoms with Crippen molar-refractivity contribution in [2.75, 3.05) is 7.11 Å². The molecule has 0 unspecified atom stereocenters. The van der Waals surface area contributed by atoms with Crippen LogP contribution in [-0.4, -0.2) is 7.11 Å². The third-order valence-corrected chi connectivity index (χ3v) is 8.17. The van der Waals surface area contributed by atoms with Crippen LogP contribution in [0.4, 0.5) is 4.39 Å². The van der Waals surface area contributed by atoms with E-state index >= 15 is 4.39 Å². The lowest BCUT2D eigenvalue weighted by atomic mass is 9.76. The number of benzene rings is 2. The van der Waals surface area contributed by atoms with Crippen LogP contribution >= 0.6 is 0 Å². The fourth-order valence-corrected chi connectivity index (χ4v) is 5.91. The number of rotatable bonds is 14. The van der Waals surface area contributed by atoms with Crippen LogP contribution in [0.3, 0.4) is 0 Å². The van der Waals surface area contributed by atoms with Crippen molar-refractivity contribution in [3.05, 3.63) is 52.8 Å². The Morgan fingerprint density at radius 3 is 2.19 bits per heavy atom. The molecule has 2 nitrogen and oxygen atoms in total. The van der Waals surface area contributed by atoms with Crippen LogP contribution in [0.25, 0.3) is 11.1 Å². The zero-order valence-corrected chi connectivity index (χ0v) is 22.9. The molecule has 0 saturated heterocycles. The van der Waals surface area contributed by atoms with Gasteiger partial charge in [-0.05, 0) is 67.6 Å². The van der Waals surface area contributed by atoms with Gasteiger partial charge in [-0.15, -0.1) is 0 Å². The number of ether oxygens (including phenoxy) is 1. The molecular formula is C33H46FNO. The Bertz CT molecular complexity index is 984. The number of aryl methyl sites for hydroxylation is 1. The van der Waals surface area contributed by atoms with E-state index in [1.807, 2.05) is 24.3 Å². The van der Waals surface area contributed by atoms with Crippen LogP contribution in [0.15, 0.2) is 30.3 Å². The molecule has 1 aliphatic carbocycles. The van der Waals surface area contributed by atoms with Crippen molar-refractivity contribution in [3.8, 4) is 22.9 Å². The Morgan fingerprint density at radius 2 is 1.53 bits per heavy atom. The molecule has 1 fully saturated rings. The maximum atomic E-state index is 15.4. The largest absolute Gasteiger partial charge is 0.493 e. The van der Waals surface area contributed by atoms with Crippen LogP contribution in [0.2, 0.25) is 0 Å². The number of hydrogen-bond acceptors (Lipinski definition) is 2. The second kappa shape index (κ2) is 15.0. The normalized spacial score (nSPS) is 17.6. The molecule has 0 radical (unpaired) electrons. The molecule has 0 heterocycles. The smallest absolute Gasteiger partial charge is 0.168 e. The molecule has 0 spiro atoms. The lowest BCUT2D eigenvalue weighted by molar-refractivity contribution is 0.302. The van der Waals surface area contributed by atoms with Gasteiger partial charge < -0.3 is 4.74 Å². The summed E-state index contributed by atoms with van der Waals surface area (Å²) in [6, 6.07) is 12.4. The first-order valence-electron chi connectivity index (χ1n) is 14.5. The van der Waals surface area contributed by atoms with E-state index in [1.54, 1.807) is 0 Å². The number of methoxy groups -OCH3 is 1. The van der Waals surface area contributed by atoms with E-state index in [1.165, 1.54) is 89.7 Å². The Kier molecular flexibility index (Phi) is 11.8. The van der Waals surface area contributed by atoms with E-state index in [4.69, 9.17) is 4.74 Å². The highest BCUT2D eigenvalue weighted by molar-refractivity contribution is 5.77. The standard InChI is InChI=1S/C33H46FNO/c1-4-6-8-10-12-14-27-19-22-31(33(36-3)32(27)34)30-21-20-28(23-29(30)24-35)26-17-15-25(16-18-26)13-11-9-7-5-2/h19-23,25-26H,4-18H2,1-3H3. The Morgan fingerprint density at radius 1 is 0.861 bits per heavy atom. The summed E-state index contributed by atoms with van der Waals surface area (Å²) < 4.78 is 20.9. The quantitative estimate of drug-likeness (QED) is 0.246. The minimum Gasteiger partial charge on any atom is -0.493 e. The van der Waals surface area contributed by atoms with E-state index in [2.05, 4.69) is 26.0 Å². The van der Waals surface area contributed by atoms with Crippen LogP contribution < -0.4 is 4.74 Å². The van der Waals surface area contributed by atoms with Gasteiger partial charge in [0.05, 0.1) is 18.7 Å². The Balaban J connectivity index is 1.70. The minimum atomic E-state index is -0.282. The summed E-state index contributed by atoms with van der Waals surface area (Å²) in [6.07, 6.45) is 18.2. The molecule has 1 aliphatic rings. The molecule has 196 valence electrons. The topological polar surface area (TPSA) is 33.0 Å². The maximum absolute atomic E-state index is 15.4.